The van der Waals surface area contributed by atoms with E-state index in [4.69, 9.17) is 11.5 Å². The van der Waals surface area contributed by atoms with E-state index in [2.05, 4.69) is 16.0 Å². The maximum atomic E-state index is 13.1. The van der Waals surface area contributed by atoms with Crippen molar-refractivity contribution in [2.24, 2.45) is 11.5 Å². The number of hydrogen-bond donors (Lipinski definition) is 7. The van der Waals surface area contributed by atoms with Crippen LogP contribution in [0.2, 0.25) is 0 Å². The predicted molar refractivity (Wildman–Crippen MR) is 137 cm³/mol. The summed E-state index contributed by atoms with van der Waals surface area (Å²) in [5.41, 5.74) is 12.2. The van der Waals surface area contributed by atoms with E-state index in [1.165, 1.54) is 31.2 Å². The third-order valence-electron chi connectivity index (χ3n) is 5.70. The Balaban J connectivity index is 2.07. The molecule has 0 spiro atoms. The molecule has 0 fully saturated rings. The highest BCUT2D eigenvalue weighted by molar-refractivity contribution is 5.94. The maximum absolute atomic E-state index is 13.1. The molecule has 0 radical (unpaired) electrons. The van der Waals surface area contributed by atoms with Crippen molar-refractivity contribution in [3.63, 3.8) is 0 Å². The van der Waals surface area contributed by atoms with Crippen LogP contribution in [0, 0.1) is 0 Å². The molecule has 2 rings (SSSR count). The van der Waals surface area contributed by atoms with E-state index >= 15 is 0 Å². The van der Waals surface area contributed by atoms with Crippen LogP contribution >= 0.6 is 0 Å². The number of nitrogens with two attached hydrogens (primary N) is 2. The Kier molecular flexibility index (Phi) is 11.2. The van der Waals surface area contributed by atoms with Gasteiger partial charge in [-0.05, 0) is 36.6 Å². The summed E-state index contributed by atoms with van der Waals surface area (Å²) in [5.74, 6) is -3.96. The molecule has 0 bridgehead atoms. The maximum Gasteiger partial charge on any atom is 0.326 e. The minimum atomic E-state index is -1.28. The van der Waals surface area contributed by atoms with E-state index in [9.17, 15) is 34.2 Å². The monoisotopic (exact) mass is 527 g/mol. The molecule has 12 heteroatoms. The smallest absolute Gasteiger partial charge is 0.326 e. The Morgan fingerprint density at radius 2 is 1.34 bits per heavy atom. The highest BCUT2D eigenvalue weighted by atomic mass is 16.4. The predicted octanol–water partition coefficient (Wildman–Crippen LogP) is -0.671. The Labute approximate surface area is 219 Å². The van der Waals surface area contributed by atoms with Crippen LogP contribution in [-0.4, -0.2) is 64.0 Å². The number of benzene rings is 2. The second kappa shape index (κ2) is 14.3. The summed E-state index contributed by atoms with van der Waals surface area (Å²) >= 11 is 0. The molecular formula is C26H33N5O7. The molecule has 9 N–H and O–H groups in total. The quantitative estimate of drug-likeness (QED) is 0.167. The number of phenols is 1. The largest absolute Gasteiger partial charge is 0.508 e. The van der Waals surface area contributed by atoms with Crippen LogP contribution in [0.4, 0.5) is 0 Å². The number of aromatic hydroxyl groups is 1. The van der Waals surface area contributed by atoms with Gasteiger partial charge >= 0.3 is 5.97 Å². The molecule has 4 atom stereocenters. The molecule has 0 aliphatic heterocycles. The van der Waals surface area contributed by atoms with Crippen molar-refractivity contribution in [2.45, 2.75) is 56.8 Å². The van der Waals surface area contributed by atoms with E-state index in [-0.39, 0.29) is 31.4 Å². The lowest BCUT2D eigenvalue weighted by atomic mass is 10.0. The highest BCUT2D eigenvalue weighted by Crippen LogP contribution is 2.12. The van der Waals surface area contributed by atoms with E-state index < -0.39 is 53.8 Å². The zero-order chi connectivity index (χ0) is 28.2. The van der Waals surface area contributed by atoms with Gasteiger partial charge in [-0.1, -0.05) is 42.5 Å². The SMILES string of the molecule is CC(NC(=O)C(Cc1ccccc1)NC(=O)C(N)CCC(N)=O)C(=O)NC(Cc1ccc(O)cc1)C(=O)O. The minimum absolute atomic E-state index is 0.00272. The fourth-order valence-corrected chi connectivity index (χ4v) is 3.51. The number of carbonyl (C=O) groups excluding carboxylic acids is 4. The van der Waals surface area contributed by atoms with Crippen LogP contribution in [0.3, 0.4) is 0 Å². The Hall–Kier alpha value is -4.45. The Bertz CT molecular complexity index is 1120. The molecule has 0 saturated carbocycles. The number of carboxylic acid groups (broad SMARTS) is 1. The molecule has 38 heavy (non-hydrogen) atoms. The molecule has 2 aromatic rings. The lowest BCUT2D eigenvalue weighted by molar-refractivity contribution is -0.142. The zero-order valence-corrected chi connectivity index (χ0v) is 20.9. The van der Waals surface area contributed by atoms with Crippen molar-refractivity contribution in [1.82, 2.24) is 16.0 Å². The third-order valence-corrected chi connectivity index (χ3v) is 5.70. The number of primary amides is 1. The van der Waals surface area contributed by atoms with Gasteiger partial charge < -0.3 is 37.6 Å². The Morgan fingerprint density at radius 1 is 0.789 bits per heavy atom. The van der Waals surface area contributed by atoms with Crippen LogP contribution in [0.15, 0.2) is 54.6 Å². The Morgan fingerprint density at radius 3 is 1.92 bits per heavy atom. The average molecular weight is 528 g/mol. The molecule has 4 amide bonds. The van der Waals surface area contributed by atoms with Gasteiger partial charge in [-0.2, -0.15) is 0 Å². The summed E-state index contributed by atoms with van der Waals surface area (Å²) in [6.07, 6.45) is -0.0563. The molecule has 0 aromatic heterocycles. The van der Waals surface area contributed by atoms with Crippen molar-refractivity contribution < 1.29 is 34.2 Å². The first kappa shape index (κ1) is 29.8. The molecule has 4 unspecified atom stereocenters. The molecule has 0 aliphatic carbocycles. The number of phenolic OH excluding ortho intramolecular Hbond substituents is 1. The third kappa shape index (κ3) is 9.90. The molecule has 0 heterocycles. The van der Waals surface area contributed by atoms with Crippen LogP contribution in [-0.2, 0) is 36.8 Å². The molecule has 12 nitrogen and oxygen atoms in total. The van der Waals surface area contributed by atoms with E-state index in [1.54, 1.807) is 30.3 Å². The molecule has 2 aromatic carbocycles. The average Bonchev–Trinajstić information content (AvgIpc) is 2.87. The normalized spacial score (nSPS) is 13.8. The fourth-order valence-electron chi connectivity index (χ4n) is 3.51. The van der Waals surface area contributed by atoms with Gasteiger partial charge in [0.2, 0.25) is 23.6 Å². The van der Waals surface area contributed by atoms with Crippen molar-refractivity contribution in [3.8, 4) is 5.75 Å². The van der Waals surface area contributed by atoms with Gasteiger partial charge in [0, 0.05) is 19.3 Å². The van der Waals surface area contributed by atoms with Gasteiger partial charge in [-0.3, -0.25) is 19.2 Å². The van der Waals surface area contributed by atoms with Crippen molar-refractivity contribution in [1.29, 1.82) is 0 Å². The van der Waals surface area contributed by atoms with Crippen LogP contribution < -0.4 is 27.4 Å². The number of carbonyl (C=O) groups is 5. The number of nitrogens with one attached hydrogen (secondary N) is 3. The summed E-state index contributed by atoms with van der Waals surface area (Å²) in [4.78, 5) is 61.1. The van der Waals surface area contributed by atoms with Gasteiger partial charge in [0.1, 0.15) is 23.9 Å². The molecule has 0 saturated heterocycles. The number of rotatable bonds is 14. The van der Waals surface area contributed by atoms with E-state index in [0.29, 0.717) is 5.56 Å². The van der Waals surface area contributed by atoms with Crippen molar-refractivity contribution in [2.75, 3.05) is 0 Å². The molecule has 204 valence electrons. The van der Waals surface area contributed by atoms with Gasteiger partial charge in [-0.15, -0.1) is 0 Å². The fraction of sp³-hybridized carbons (Fsp3) is 0.346. The number of aliphatic carboxylic acids is 1. The van der Waals surface area contributed by atoms with Crippen LogP contribution in [0.1, 0.15) is 30.9 Å². The lowest BCUT2D eigenvalue weighted by Crippen LogP contribution is -2.57. The number of carboxylic acids is 1. The van der Waals surface area contributed by atoms with Gasteiger partial charge in [0.15, 0.2) is 0 Å². The second-order valence-electron chi connectivity index (χ2n) is 8.86. The summed E-state index contributed by atoms with van der Waals surface area (Å²) in [6.45, 7) is 1.38. The summed E-state index contributed by atoms with van der Waals surface area (Å²) < 4.78 is 0. The number of amides is 4. The summed E-state index contributed by atoms with van der Waals surface area (Å²) in [5, 5.41) is 26.4. The summed E-state index contributed by atoms with van der Waals surface area (Å²) in [7, 11) is 0. The minimum Gasteiger partial charge on any atom is -0.508 e. The van der Waals surface area contributed by atoms with Crippen LogP contribution in [0.25, 0.3) is 0 Å². The van der Waals surface area contributed by atoms with E-state index in [1.807, 2.05) is 0 Å². The van der Waals surface area contributed by atoms with Gasteiger partial charge in [-0.25, -0.2) is 4.79 Å². The molecular weight excluding hydrogens is 494 g/mol. The highest BCUT2D eigenvalue weighted by Gasteiger charge is 2.28. The second-order valence-corrected chi connectivity index (χ2v) is 8.86. The lowest BCUT2D eigenvalue weighted by Gasteiger charge is -2.23. The zero-order valence-electron chi connectivity index (χ0n) is 20.9. The van der Waals surface area contributed by atoms with Crippen LogP contribution in [0.5, 0.6) is 5.75 Å². The topological polar surface area (TPSA) is 214 Å². The standard InChI is InChI=1S/C26H33N5O7/c1-15(23(34)31-21(26(37)38)14-17-7-9-18(32)10-8-17)29-25(36)20(13-16-5-3-2-4-6-16)30-24(35)19(27)11-12-22(28)33/h2-10,15,19-21,32H,11-14,27H2,1H3,(H2,28,33)(H,29,36)(H,30,35)(H,31,34)(H,37,38). The first-order chi connectivity index (χ1) is 18.0. The van der Waals surface area contributed by atoms with Gasteiger partial charge in [0.05, 0.1) is 6.04 Å². The molecule has 0 aliphatic rings. The van der Waals surface area contributed by atoms with Crippen molar-refractivity contribution >= 4 is 29.6 Å². The first-order valence-electron chi connectivity index (χ1n) is 12.0. The van der Waals surface area contributed by atoms with Gasteiger partial charge in [0.25, 0.3) is 0 Å². The van der Waals surface area contributed by atoms with E-state index in [0.717, 1.165) is 5.56 Å². The van der Waals surface area contributed by atoms with Crippen molar-refractivity contribution in [3.05, 3.63) is 65.7 Å². The number of hydrogen-bond acceptors (Lipinski definition) is 7. The summed E-state index contributed by atoms with van der Waals surface area (Å²) in [6, 6.07) is 10.1. The first-order valence-corrected chi connectivity index (χ1v) is 12.0.